The van der Waals surface area contributed by atoms with Gasteiger partial charge in [-0.1, -0.05) is 49.4 Å². The van der Waals surface area contributed by atoms with Crippen LogP contribution in [0.15, 0.2) is 66.7 Å². The van der Waals surface area contributed by atoms with Crippen molar-refractivity contribution in [3.05, 3.63) is 83.6 Å². The van der Waals surface area contributed by atoms with Crippen molar-refractivity contribution in [2.24, 2.45) is 0 Å². The minimum Gasteiger partial charge on any atom is -0.365 e. The number of benzene rings is 2. The summed E-state index contributed by atoms with van der Waals surface area (Å²) in [5.74, 6) is 0.360. The van der Waals surface area contributed by atoms with Crippen LogP contribution in [0, 0.1) is 0 Å². The van der Waals surface area contributed by atoms with Crippen LogP contribution in [-0.4, -0.2) is 16.1 Å². The topological polar surface area (TPSA) is 66.9 Å². The van der Waals surface area contributed by atoms with Gasteiger partial charge in [-0.15, -0.1) is 10.2 Å². The van der Waals surface area contributed by atoms with E-state index in [0.717, 1.165) is 17.7 Å². The van der Waals surface area contributed by atoms with Crippen molar-refractivity contribution in [2.75, 3.05) is 10.6 Å². The van der Waals surface area contributed by atoms with E-state index in [1.807, 2.05) is 54.6 Å². The van der Waals surface area contributed by atoms with Crippen LogP contribution in [0.5, 0.6) is 0 Å². The fourth-order valence-corrected chi connectivity index (χ4v) is 2.36. The third-order valence-corrected chi connectivity index (χ3v) is 3.83. The number of carbonyl (C=O) groups is 1. The molecule has 0 unspecified atom stereocenters. The maximum absolute atomic E-state index is 12.2. The molecule has 126 valence electrons. The minimum absolute atomic E-state index is 0.272. The van der Waals surface area contributed by atoms with Crippen LogP contribution >= 0.6 is 0 Å². The van der Waals surface area contributed by atoms with Crippen molar-refractivity contribution in [1.29, 1.82) is 0 Å². The van der Waals surface area contributed by atoms with Crippen molar-refractivity contribution in [1.82, 2.24) is 10.2 Å². The summed E-state index contributed by atoms with van der Waals surface area (Å²) >= 11 is 0. The van der Waals surface area contributed by atoms with Gasteiger partial charge in [-0.05, 0) is 41.8 Å². The van der Waals surface area contributed by atoms with Crippen molar-refractivity contribution < 1.29 is 4.79 Å². The monoisotopic (exact) mass is 332 g/mol. The number of carbonyl (C=O) groups excluding carboxylic acids is 1. The number of nitrogens with one attached hydrogen (secondary N) is 2. The second-order valence-corrected chi connectivity index (χ2v) is 5.65. The fourth-order valence-electron chi connectivity index (χ4n) is 2.36. The highest BCUT2D eigenvalue weighted by atomic mass is 16.1. The lowest BCUT2D eigenvalue weighted by molar-refractivity contribution is 0.102. The maximum atomic E-state index is 12.2. The Labute approximate surface area is 147 Å². The summed E-state index contributed by atoms with van der Waals surface area (Å²) < 4.78 is 0. The van der Waals surface area contributed by atoms with E-state index >= 15 is 0 Å². The Morgan fingerprint density at radius 2 is 1.64 bits per heavy atom. The minimum atomic E-state index is -0.272. The standard InChI is InChI=1S/C20H20N4O/c1-2-15-8-10-17(11-9-15)22-20(25)18-12-13-19(24-23-18)21-14-16-6-4-3-5-7-16/h3-13H,2,14H2,1H3,(H,21,24)(H,22,25). The van der Waals surface area contributed by atoms with E-state index in [2.05, 4.69) is 27.8 Å². The predicted octanol–water partition coefficient (Wildman–Crippen LogP) is 3.90. The zero-order valence-electron chi connectivity index (χ0n) is 14.1. The number of hydrogen-bond acceptors (Lipinski definition) is 4. The highest BCUT2D eigenvalue weighted by Gasteiger charge is 2.08. The Bertz CT molecular complexity index is 815. The Morgan fingerprint density at radius 3 is 2.28 bits per heavy atom. The number of aryl methyl sites for hydroxylation is 1. The third kappa shape index (κ3) is 4.64. The molecule has 2 aromatic carbocycles. The average Bonchev–Trinajstić information content (AvgIpc) is 2.68. The highest BCUT2D eigenvalue weighted by Crippen LogP contribution is 2.12. The molecule has 1 aromatic heterocycles. The van der Waals surface area contributed by atoms with Gasteiger partial charge >= 0.3 is 0 Å². The Morgan fingerprint density at radius 1 is 0.880 bits per heavy atom. The molecule has 0 spiro atoms. The van der Waals surface area contributed by atoms with Gasteiger partial charge in [0.15, 0.2) is 5.69 Å². The number of anilines is 2. The molecule has 0 atom stereocenters. The molecule has 25 heavy (non-hydrogen) atoms. The second kappa shape index (κ2) is 8.06. The lowest BCUT2D eigenvalue weighted by Gasteiger charge is -2.07. The molecule has 0 saturated heterocycles. The normalized spacial score (nSPS) is 10.3. The highest BCUT2D eigenvalue weighted by molar-refractivity contribution is 6.02. The van der Waals surface area contributed by atoms with Crippen LogP contribution in [-0.2, 0) is 13.0 Å². The lowest BCUT2D eigenvalue weighted by Crippen LogP contribution is -2.15. The fraction of sp³-hybridized carbons (Fsp3) is 0.150. The molecule has 2 N–H and O–H groups in total. The summed E-state index contributed by atoms with van der Waals surface area (Å²) in [4.78, 5) is 12.2. The zero-order valence-corrected chi connectivity index (χ0v) is 14.1. The first-order valence-corrected chi connectivity index (χ1v) is 8.26. The molecule has 0 aliphatic heterocycles. The second-order valence-electron chi connectivity index (χ2n) is 5.65. The molecule has 0 fully saturated rings. The van der Waals surface area contributed by atoms with Gasteiger partial charge in [0.1, 0.15) is 5.82 Å². The van der Waals surface area contributed by atoms with E-state index in [-0.39, 0.29) is 11.6 Å². The van der Waals surface area contributed by atoms with Gasteiger partial charge < -0.3 is 10.6 Å². The smallest absolute Gasteiger partial charge is 0.276 e. The van der Waals surface area contributed by atoms with Gasteiger partial charge in [0.2, 0.25) is 0 Å². The quantitative estimate of drug-likeness (QED) is 0.718. The number of amides is 1. The molecule has 1 heterocycles. The first kappa shape index (κ1) is 16.6. The summed E-state index contributed by atoms with van der Waals surface area (Å²) in [6.45, 7) is 2.75. The first-order chi connectivity index (χ1) is 12.2. The number of nitrogens with zero attached hydrogens (tertiary/aromatic N) is 2. The van der Waals surface area contributed by atoms with E-state index in [0.29, 0.717) is 12.4 Å². The Hall–Kier alpha value is -3.21. The zero-order chi connectivity index (χ0) is 17.5. The van der Waals surface area contributed by atoms with Gasteiger partial charge in [-0.3, -0.25) is 4.79 Å². The van der Waals surface area contributed by atoms with Crippen LogP contribution in [0.4, 0.5) is 11.5 Å². The summed E-state index contributed by atoms with van der Waals surface area (Å²) in [7, 11) is 0. The first-order valence-electron chi connectivity index (χ1n) is 8.26. The lowest BCUT2D eigenvalue weighted by atomic mass is 10.1. The Kier molecular flexibility index (Phi) is 5.36. The van der Waals surface area contributed by atoms with Crippen molar-refractivity contribution >= 4 is 17.4 Å². The molecule has 5 heteroatoms. The summed E-state index contributed by atoms with van der Waals surface area (Å²) in [6.07, 6.45) is 0.969. The largest absolute Gasteiger partial charge is 0.365 e. The summed E-state index contributed by atoms with van der Waals surface area (Å²) in [5.41, 5.74) is 3.41. The maximum Gasteiger partial charge on any atom is 0.276 e. The number of aromatic nitrogens is 2. The van der Waals surface area contributed by atoms with Crippen molar-refractivity contribution in [3.63, 3.8) is 0 Å². The molecule has 3 aromatic rings. The van der Waals surface area contributed by atoms with E-state index in [9.17, 15) is 4.79 Å². The summed E-state index contributed by atoms with van der Waals surface area (Å²) in [6, 6.07) is 21.2. The third-order valence-electron chi connectivity index (χ3n) is 3.83. The molecule has 3 rings (SSSR count). The predicted molar refractivity (Wildman–Crippen MR) is 99.6 cm³/mol. The average molecular weight is 332 g/mol. The van der Waals surface area contributed by atoms with Crippen LogP contribution in [0.2, 0.25) is 0 Å². The van der Waals surface area contributed by atoms with E-state index in [4.69, 9.17) is 0 Å². The SMILES string of the molecule is CCc1ccc(NC(=O)c2ccc(NCc3ccccc3)nn2)cc1. The molecular weight excluding hydrogens is 312 g/mol. The van der Waals surface area contributed by atoms with Crippen LogP contribution in [0.25, 0.3) is 0 Å². The molecule has 0 aliphatic rings. The van der Waals surface area contributed by atoms with Crippen molar-refractivity contribution in [3.8, 4) is 0 Å². The van der Waals surface area contributed by atoms with Crippen LogP contribution in [0.3, 0.4) is 0 Å². The van der Waals surface area contributed by atoms with Gasteiger partial charge in [0.25, 0.3) is 5.91 Å². The molecular formula is C20H20N4O. The molecule has 0 bridgehead atoms. The Balaban J connectivity index is 1.58. The number of rotatable bonds is 6. The van der Waals surface area contributed by atoms with Crippen LogP contribution in [0.1, 0.15) is 28.5 Å². The molecule has 1 amide bonds. The van der Waals surface area contributed by atoms with E-state index < -0.39 is 0 Å². The van der Waals surface area contributed by atoms with Gasteiger partial charge in [-0.2, -0.15) is 0 Å². The van der Waals surface area contributed by atoms with Crippen LogP contribution < -0.4 is 10.6 Å². The molecule has 5 nitrogen and oxygen atoms in total. The molecule has 0 radical (unpaired) electrons. The summed E-state index contributed by atoms with van der Waals surface area (Å²) in [5, 5.41) is 14.1. The number of hydrogen-bond donors (Lipinski definition) is 2. The van der Waals surface area contributed by atoms with Gasteiger partial charge in [0, 0.05) is 12.2 Å². The van der Waals surface area contributed by atoms with Gasteiger partial charge in [0.05, 0.1) is 0 Å². The van der Waals surface area contributed by atoms with Crippen molar-refractivity contribution in [2.45, 2.75) is 19.9 Å². The molecule has 0 saturated carbocycles. The molecule has 0 aliphatic carbocycles. The van der Waals surface area contributed by atoms with E-state index in [1.54, 1.807) is 12.1 Å². The van der Waals surface area contributed by atoms with Gasteiger partial charge in [-0.25, -0.2) is 0 Å². The van der Waals surface area contributed by atoms with E-state index in [1.165, 1.54) is 5.56 Å².